The number of benzene rings is 2. The number of nitrogens with one attached hydrogen (secondary N) is 1. The molecule has 2 aromatic carbocycles. The van der Waals surface area contributed by atoms with Crippen LogP contribution in [0.1, 0.15) is 10.6 Å². The molecule has 3 heterocycles. The third-order valence-corrected chi connectivity index (χ3v) is 6.40. The molecule has 164 valence electrons. The van der Waals surface area contributed by atoms with Gasteiger partial charge in [0.15, 0.2) is 17.3 Å². The number of halogens is 1. The Labute approximate surface area is 187 Å². The van der Waals surface area contributed by atoms with Crippen LogP contribution in [0.15, 0.2) is 42.5 Å². The number of hydrogen-bond acceptors (Lipinski definition) is 6. The Hall–Kier alpha value is -3.66. The topological polar surface area (TPSA) is 81.0 Å². The van der Waals surface area contributed by atoms with Gasteiger partial charge >= 0.3 is 6.03 Å². The zero-order valence-electron chi connectivity index (χ0n) is 17.5. The van der Waals surface area contributed by atoms with Crippen LogP contribution in [-0.2, 0) is 13.0 Å². The van der Waals surface area contributed by atoms with Gasteiger partial charge in [-0.25, -0.2) is 13.7 Å². The van der Waals surface area contributed by atoms with E-state index in [9.17, 15) is 9.18 Å². The predicted octanol–water partition coefficient (Wildman–Crippen LogP) is 4.20. The molecule has 0 unspecified atom stereocenters. The SMILES string of the molecule is COc1ccc(NC(=O)N2CCc3c(sc4nc(-c5ccc(F)cc5)nn34)C2)cc1OC. The van der Waals surface area contributed by atoms with E-state index in [1.165, 1.54) is 23.5 Å². The number of amides is 2. The fraction of sp³-hybridized carbons (Fsp3) is 0.227. The molecule has 0 spiro atoms. The minimum Gasteiger partial charge on any atom is -0.493 e. The first-order chi connectivity index (χ1) is 15.6. The first-order valence-corrected chi connectivity index (χ1v) is 10.8. The average molecular weight is 453 g/mol. The van der Waals surface area contributed by atoms with Crippen LogP contribution in [0.3, 0.4) is 0 Å². The summed E-state index contributed by atoms with van der Waals surface area (Å²) in [7, 11) is 3.12. The van der Waals surface area contributed by atoms with Crippen molar-refractivity contribution in [2.75, 3.05) is 26.1 Å². The molecule has 10 heteroatoms. The number of ether oxygens (including phenoxy) is 2. The lowest BCUT2D eigenvalue weighted by molar-refractivity contribution is 0.206. The largest absolute Gasteiger partial charge is 0.493 e. The Morgan fingerprint density at radius 2 is 1.91 bits per heavy atom. The van der Waals surface area contributed by atoms with Crippen molar-refractivity contribution in [2.24, 2.45) is 0 Å². The van der Waals surface area contributed by atoms with Gasteiger partial charge in [0.25, 0.3) is 0 Å². The van der Waals surface area contributed by atoms with Crippen LogP contribution in [0.5, 0.6) is 11.5 Å². The Kier molecular flexibility index (Phi) is 5.14. The van der Waals surface area contributed by atoms with Gasteiger partial charge in [0.1, 0.15) is 5.82 Å². The Morgan fingerprint density at radius 3 is 2.66 bits per heavy atom. The van der Waals surface area contributed by atoms with Crippen molar-refractivity contribution in [1.29, 1.82) is 0 Å². The summed E-state index contributed by atoms with van der Waals surface area (Å²) in [6.45, 7) is 1.04. The summed E-state index contributed by atoms with van der Waals surface area (Å²) in [5.41, 5.74) is 2.45. The monoisotopic (exact) mass is 453 g/mol. The molecule has 0 radical (unpaired) electrons. The molecule has 0 atom stereocenters. The maximum atomic E-state index is 13.2. The van der Waals surface area contributed by atoms with Gasteiger partial charge in [0.2, 0.25) is 4.96 Å². The van der Waals surface area contributed by atoms with E-state index >= 15 is 0 Å². The average Bonchev–Trinajstić information content (AvgIpc) is 3.37. The van der Waals surface area contributed by atoms with Crippen LogP contribution in [0.4, 0.5) is 14.9 Å². The number of aromatic nitrogens is 3. The summed E-state index contributed by atoms with van der Waals surface area (Å²) < 4.78 is 25.6. The van der Waals surface area contributed by atoms with Crippen LogP contribution in [0.25, 0.3) is 16.3 Å². The van der Waals surface area contributed by atoms with E-state index in [0.717, 1.165) is 21.1 Å². The number of rotatable bonds is 4. The van der Waals surface area contributed by atoms with Crippen molar-refractivity contribution in [3.63, 3.8) is 0 Å². The maximum Gasteiger partial charge on any atom is 0.322 e. The van der Waals surface area contributed by atoms with Crippen LogP contribution >= 0.6 is 11.3 Å². The van der Waals surface area contributed by atoms with Crippen LogP contribution < -0.4 is 14.8 Å². The van der Waals surface area contributed by atoms with Crippen molar-refractivity contribution in [3.05, 3.63) is 58.9 Å². The Balaban J connectivity index is 1.33. The van der Waals surface area contributed by atoms with Gasteiger partial charge in [-0.1, -0.05) is 11.3 Å². The van der Waals surface area contributed by atoms with Gasteiger partial charge in [-0.15, -0.1) is 5.10 Å². The highest BCUT2D eigenvalue weighted by molar-refractivity contribution is 7.17. The van der Waals surface area contributed by atoms with Crippen LogP contribution in [0.2, 0.25) is 0 Å². The van der Waals surface area contributed by atoms with Crippen molar-refractivity contribution < 1.29 is 18.7 Å². The summed E-state index contributed by atoms with van der Waals surface area (Å²) in [6.07, 6.45) is 0.668. The number of hydrogen-bond donors (Lipinski definition) is 1. The molecule has 1 aliphatic rings. The van der Waals surface area contributed by atoms with E-state index in [2.05, 4.69) is 15.4 Å². The summed E-state index contributed by atoms with van der Waals surface area (Å²) in [5.74, 6) is 1.42. The second kappa shape index (κ2) is 8.12. The van der Waals surface area contributed by atoms with Gasteiger partial charge < -0.3 is 19.7 Å². The van der Waals surface area contributed by atoms with Crippen molar-refractivity contribution in [1.82, 2.24) is 19.5 Å². The Bertz CT molecular complexity index is 1300. The summed E-state index contributed by atoms with van der Waals surface area (Å²) in [6, 6.07) is 11.2. The summed E-state index contributed by atoms with van der Waals surface area (Å²) in [4.78, 5) is 21.0. The smallest absolute Gasteiger partial charge is 0.322 e. The number of urea groups is 1. The molecule has 0 saturated heterocycles. The minimum absolute atomic E-state index is 0.186. The Morgan fingerprint density at radius 1 is 1.12 bits per heavy atom. The first-order valence-electron chi connectivity index (χ1n) is 9.97. The molecule has 0 aliphatic carbocycles. The van der Waals surface area contributed by atoms with E-state index in [1.54, 1.807) is 49.5 Å². The molecule has 2 amide bonds. The lowest BCUT2D eigenvalue weighted by atomic mass is 10.2. The standard InChI is InChI=1S/C22H20FN5O3S/c1-30-17-8-7-15(11-18(17)31-2)24-21(29)27-10-9-16-19(12-27)32-22-25-20(26-28(16)22)13-3-5-14(23)6-4-13/h3-8,11H,9-10,12H2,1-2H3,(H,24,29). The molecule has 0 saturated carbocycles. The van der Waals surface area contributed by atoms with Gasteiger partial charge in [-0.2, -0.15) is 4.98 Å². The molecule has 0 fully saturated rings. The number of fused-ring (bicyclic) bond motifs is 3. The normalized spacial score (nSPS) is 13.2. The lowest BCUT2D eigenvalue weighted by Gasteiger charge is -2.26. The van der Waals surface area contributed by atoms with E-state index in [-0.39, 0.29) is 11.8 Å². The second-order valence-corrected chi connectivity index (χ2v) is 8.34. The fourth-order valence-corrected chi connectivity index (χ4v) is 4.82. The molecule has 4 aromatic rings. The molecule has 0 bridgehead atoms. The minimum atomic E-state index is -0.293. The molecule has 32 heavy (non-hydrogen) atoms. The number of methoxy groups -OCH3 is 2. The van der Waals surface area contributed by atoms with Gasteiger partial charge in [-0.3, -0.25) is 0 Å². The third kappa shape index (κ3) is 3.62. The summed E-state index contributed by atoms with van der Waals surface area (Å²) >= 11 is 1.51. The van der Waals surface area contributed by atoms with Crippen molar-refractivity contribution in [3.8, 4) is 22.9 Å². The van der Waals surface area contributed by atoms with Crippen LogP contribution in [-0.4, -0.2) is 46.3 Å². The second-order valence-electron chi connectivity index (χ2n) is 7.28. The van der Waals surface area contributed by atoms with E-state index in [0.29, 0.717) is 42.5 Å². The van der Waals surface area contributed by atoms with Crippen LogP contribution in [0, 0.1) is 5.82 Å². The fourth-order valence-electron chi connectivity index (χ4n) is 3.70. The van der Waals surface area contributed by atoms with Crippen molar-refractivity contribution >= 4 is 28.0 Å². The number of carbonyl (C=O) groups excluding carboxylic acids is 1. The number of anilines is 1. The van der Waals surface area contributed by atoms with E-state index < -0.39 is 0 Å². The highest BCUT2D eigenvalue weighted by Crippen LogP contribution is 2.32. The van der Waals surface area contributed by atoms with E-state index in [4.69, 9.17) is 9.47 Å². The molecule has 1 aliphatic heterocycles. The number of thiazole rings is 1. The lowest BCUT2D eigenvalue weighted by Crippen LogP contribution is -2.38. The molecule has 5 rings (SSSR count). The summed E-state index contributed by atoms with van der Waals surface area (Å²) in [5, 5.41) is 7.53. The van der Waals surface area contributed by atoms with Gasteiger partial charge in [0.05, 0.1) is 26.5 Å². The zero-order valence-corrected chi connectivity index (χ0v) is 18.3. The third-order valence-electron chi connectivity index (χ3n) is 5.35. The molecular weight excluding hydrogens is 433 g/mol. The number of nitrogens with zero attached hydrogens (tertiary/aromatic N) is 4. The molecule has 8 nitrogen and oxygen atoms in total. The van der Waals surface area contributed by atoms with Crippen molar-refractivity contribution in [2.45, 2.75) is 13.0 Å². The quantitative estimate of drug-likeness (QED) is 0.501. The van der Waals surface area contributed by atoms with Gasteiger partial charge in [-0.05, 0) is 36.4 Å². The predicted molar refractivity (Wildman–Crippen MR) is 119 cm³/mol. The number of carbonyl (C=O) groups is 1. The van der Waals surface area contributed by atoms with E-state index in [1.807, 2.05) is 4.52 Å². The molecule has 1 N–H and O–H groups in total. The first kappa shape index (κ1) is 20.3. The maximum absolute atomic E-state index is 13.2. The highest BCUT2D eigenvalue weighted by Gasteiger charge is 2.26. The molecule has 2 aromatic heterocycles. The zero-order chi connectivity index (χ0) is 22.2. The highest BCUT2D eigenvalue weighted by atomic mass is 32.1. The molecular formula is C22H20FN5O3S. The van der Waals surface area contributed by atoms with Gasteiger partial charge in [0, 0.05) is 35.2 Å².